The second-order valence-corrected chi connectivity index (χ2v) is 4.58. The van der Waals surface area contributed by atoms with Gasteiger partial charge in [0.05, 0.1) is 6.04 Å². The quantitative estimate of drug-likeness (QED) is 0.660. The lowest BCUT2D eigenvalue weighted by Gasteiger charge is -2.27. The lowest BCUT2D eigenvalue weighted by Crippen LogP contribution is -2.52. The van der Waals surface area contributed by atoms with E-state index in [1.54, 1.807) is 0 Å². The van der Waals surface area contributed by atoms with Crippen LogP contribution in [0.5, 0.6) is 0 Å². The first kappa shape index (κ1) is 11.5. The molecular formula is C10H21N3O. The topological polar surface area (TPSA) is 72.3 Å². The largest absolute Gasteiger partial charge is 0.368 e. The average molecular weight is 199 g/mol. The molecule has 1 heterocycles. The van der Waals surface area contributed by atoms with Gasteiger partial charge in [0, 0.05) is 19.1 Å². The molecular weight excluding hydrogens is 178 g/mol. The minimum absolute atomic E-state index is 0.0555. The summed E-state index contributed by atoms with van der Waals surface area (Å²) in [6, 6.07) is -0.493. The molecule has 1 aliphatic heterocycles. The summed E-state index contributed by atoms with van der Waals surface area (Å²) >= 11 is 0. The van der Waals surface area contributed by atoms with Gasteiger partial charge < -0.3 is 11.5 Å². The van der Waals surface area contributed by atoms with E-state index in [1.807, 2.05) is 6.92 Å². The molecule has 1 saturated heterocycles. The molecule has 4 atom stereocenters. The van der Waals surface area contributed by atoms with Gasteiger partial charge in [-0.2, -0.15) is 0 Å². The van der Waals surface area contributed by atoms with Crippen LogP contribution in [-0.2, 0) is 4.79 Å². The van der Waals surface area contributed by atoms with Crippen LogP contribution in [0.3, 0.4) is 0 Å². The number of carbonyl (C=O) groups is 1. The van der Waals surface area contributed by atoms with Crippen molar-refractivity contribution >= 4 is 5.91 Å². The molecule has 0 aromatic rings. The Bertz CT molecular complexity index is 209. The van der Waals surface area contributed by atoms with Gasteiger partial charge in [0.25, 0.3) is 0 Å². The van der Waals surface area contributed by atoms with Gasteiger partial charge in [-0.05, 0) is 18.8 Å². The highest BCUT2D eigenvalue weighted by atomic mass is 16.1. The third kappa shape index (κ3) is 2.25. The highest BCUT2D eigenvalue weighted by Gasteiger charge is 2.32. The molecule has 0 saturated carbocycles. The van der Waals surface area contributed by atoms with Gasteiger partial charge in [-0.25, -0.2) is 0 Å². The van der Waals surface area contributed by atoms with E-state index in [2.05, 4.69) is 18.7 Å². The van der Waals surface area contributed by atoms with Gasteiger partial charge in [-0.1, -0.05) is 13.8 Å². The van der Waals surface area contributed by atoms with Crippen molar-refractivity contribution < 1.29 is 4.79 Å². The molecule has 4 unspecified atom stereocenters. The van der Waals surface area contributed by atoms with E-state index in [0.29, 0.717) is 11.8 Å². The third-order valence-electron chi connectivity index (χ3n) is 3.44. The molecule has 0 bridgehead atoms. The SMILES string of the molecule is CC1CN(C(C)C(N)C(N)=O)CC1C. The zero-order valence-corrected chi connectivity index (χ0v) is 9.23. The molecule has 1 rings (SSSR count). The maximum absolute atomic E-state index is 10.9. The number of hydrogen-bond donors (Lipinski definition) is 2. The second kappa shape index (κ2) is 4.28. The highest BCUT2D eigenvalue weighted by Crippen LogP contribution is 2.24. The fourth-order valence-electron chi connectivity index (χ4n) is 1.97. The van der Waals surface area contributed by atoms with Crippen molar-refractivity contribution in [3.63, 3.8) is 0 Å². The van der Waals surface area contributed by atoms with Crippen molar-refractivity contribution in [2.24, 2.45) is 23.3 Å². The van der Waals surface area contributed by atoms with Crippen LogP contribution in [0.25, 0.3) is 0 Å². The third-order valence-corrected chi connectivity index (χ3v) is 3.44. The van der Waals surface area contributed by atoms with E-state index in [1.165, 1.54) is 0 Å². The fraction of sp³-hybridized carbons (Fsp3) is 0.900. The van der Waals surface area contributed by atoms with E-state index in [4.69, 9.17) is 11.5 Å². The van der Waals surface area contributed by atoms with Crippen LogP contribution in [0, 0.1) is 11.8 Å². The Labute approximate surface area is 85.6 Å². The Balaban J connectivity index is 2.54. The minimum atomic E-state index is -0.549. The van der Waals surface area contributed by atoms with E-state index in [0.717, 1.165) is 13.1 Å². The number of amides is 1. The summed E-state index contributed by atoms with van der Waals surface area (Å²) in [6.07, 6.45) is 0. The molecule has 0 radical (unpaired) electrons. The Kier molecular flexibility index (Phi) is 3.50. The summed E-state index contributed by atoms with van der Waals surface area (Å²) in [7, 11) is 0. The van der Waals surface area contributed by atoms with Gasteiger partial charge >= 0.3 is 0 Å². The van der Waals surface area contributed by atoms with Crippen molar-refractivity contribution in [3.05, 3.63) is 0 Å². The lowest BCUT2D eigenvalue weighted by atomic mass is 10.0. The Hall–Kier alpha value is -0.610. The molecule has 1 aliphatic rings. The Morgan fingerprint density at radius 1 is 1.36 bits per heavy atom. The average Bonchev–Trinajstić information content (AvgIpc) is 2.44. The number of rotatable bonds is 3. The zero-order valence-electron chi connectivity index (χ0n) is 9.23. The fourth-order valence-corrected chi connectivity index (χ4v) is 1.97. The zero-order chi connectivity index (χ0) is 10.9. The van der Waals surface area contributed by atoms with Gasteiger partial charge in [0.1, 0.15) is 0 Å². The smallest absolute Gasteiger partial charge is 0.235 e. The van der Waals surface area contributed by atoms with E-state index < -0.39 is 11.9 Å². The first-order valence-corrected chi connectivity index (χ1v) is 5.22. The van der Waals surface area contributed by atoms with Crippen molar-refractivity contribution in [2.45, 2.75) is 32.9 Å². The molecule has 0 spiro atoms. The highest BCUT2D eigenvalue weighted by molar-refractivity contribution is 5.80. The van der Waals surface area contributed by atoms with Crippen LogP contribution in [-0.4, -0.2) is 36.0 Å². The summed E-state index contributed by atoms with van der Waals surface area (Å²) < 4.78 is 0. The van der Waals surface area contributed by atoms with Crippen LogP contribution >= 0.6 is 0 Å². The Morgan fingerprint density at radius 2 is 1.79 bits per heavy atom. The normalized spacial score (nSPS) is 32.9. The molecule has 4 heteroatoms. The van der Waals surface area contributed by atoms with Gasteiger partial charge in [0.15, 0.2) is 0 Å². The number of hydrogen-bond acceptors (Lipinski definition) is 3. The standard InChI is InChI=1S/C10H21N3O/c1-6-4-13(5-7(6)2)8(3)9(11)10(12)14/h6-9H,4-5,11H2,1-3H3,(H2,12,14). The first-order chi connectivity index (χ1) is 6.43. The number of nitrogens with two attached hydrogens (primary N) is 2. The molecule has 0 aliphatic carbocycles. The maximum Gasteiger partial charge on any atom is 0.235 e. The Morgan fingerprint density at radius 3 is 2.14 bits per heavy atom. The van der Waals surface area contributed by atoms with Gasteiger partial charge in [-0.15, -0.1) is 0 Å². The van der Waals surface area contributed by atoms with E-state index in [-0.39, 0.29) is 6.04 Å². The summed E-state index contributed by atoms with van der Waals surface area (Å²) in [5, 5.41) is 0. The van der Waals surface area contributed by atoms with Gasteiger partial charge in [-0.3, -0.25) is 9.69 Å². The number of nitrogens with zero attached hydrogens (tertiary/aromatic N) is 1. The monoisotopic (exact) mass is 199 g/mol. The first-order valence-electron chi connectivity index (χ1n) is 5.22. The number of likely N-dealkylation sites (tertiary alicyclic amines) is 1. The molecule has 4 nitrogen and oxygen atoms in total. The molecule has 82 valence electrons. The van der Waals surface area contributed by atoms with Crippen LogP contribution < -0.4 is 11.5 Å². The van der Waals surface area contributed by atoms with Crippen molar-refractivity contribution in [1.82, 2.24) is 4.90 Å². The van der Waals surface area contributed by atoms with E-state index >= 15 is 0 Å². The van der Waals surface area contributed by atoms with E-state index in [9.17, 15) is 4.79 Å². The molecule has 1 amide bonds. The van der Waals surface area contributed by atoms with Crippen molar-refractivity contribution in [1.29, 1.82) is 0 Å². The molecule has 1 fully saturated rings. The predicted octanol–water partition coefficient (Wildman–Crippen LogP) is -0.225. The molecule has 0 aromatic heterocycles. The predicted molar refractivity (Wildman–Crippen MR) is 56.5 cm³/mol. The van der Waals surface area contributed by atoms with Crippen LogP contribution in [0.2, 0.25) is 0 Å². The summed E-state index contributed by atoms with van der Waals surface area (Å²) in [5.74, 6) is 0.944. The number of carbonyl (C=O) groups excluding carboxylic acids is 1. The van der Waals surface area contributed by atoms with Gasteiger partial charge in [0.2, 0.25) is 5.91 Å². The second-order valence-electron chi connectivity index (χ2n) is 4.58. The maximum atomic E-state index is 10.9. The lowest BCUT2D eigenvalue weighted by molar-refractivity contribution is -0.120. The van der Waals surface area contributed by atoms with Crippen LogP contribution in [0.15, 0.2) is 0 Å². The molecule has 0 aromatic carbocycles. The van der Waals surface area contributed by atoms with Crippen LogP contribution in [0.4, 0.5) is 0 Å². The van der Waals surface area contributed by atoms with Crippen molar-refractivity contribution in [3.8, 4) is 0 Å². The van der Waals surface area contributed by atoms with Crippen LogP contribution in [0.1, 0.15) is 20.8 Å². The molecule has 14 heavy (non-hydrogen) atoms. The summed E-state index contributed by atoms with van der Waals surface area (Å²) in [6.45, 7) is 8.47. The summed E-state index contributed by atoms with van der Waals surface area (Å²) in [4.78, 5) is 13.2. The minimum Gasteiger partial charge on any atom is -0.368 e. The number of primary amides is 1. The van der Waals surface area contributed by atoms with Crippen molar-refractivity contribution in [2.75, 3.05) is 13.1 Å². The molecule has 4 N–H and O–H groups in total. The summed E-state index contributed by atoms with van der Waals surface area (Å²) in [5.41, 5.74) is 10.9.